The summed E-state index contributed by atoms with van der Waals surface area (Å²) in [6, 6.07) is 1.89. The van der Waals surface area contributed by atoms with Crippen molar-refractivity contribution in [3.8, 4) is 0 Å². The lowest BCUT2D eigenvalue weighted by molar-refractivity contribution is -0.0395. The van der Waals surface area contributed by atoms with Gasteiger partial charge in [-0.05, 0) is 33.2 Å². The first-order valence-corrected chi connectivity index (χ1v) is 5.84. The predicted molar refractivity (Wildman–Crippen MR) is 57.5 cm³/mol. The highest BCUT2D eigenvalue weighted by Crippen LogP contribution is 2.16. The minimum atomic E-state index is 0.584. The zero-order chi connectivity index (χ0) is 9.97. The molecule has 3 heteroatoms. The van der Waals surface area contributed by atoms with Crippen LogP contribution >= 0.6 is 0 Å². The fourth-order valence-electron chi connectivity index (χ4n) is 2.56. The number of morpholine rings is 1. The Balaban J connectivity index is 1.86. The SMILES string of the molecule is CC1COCC(C)N1C[C@@H]1CCCN1. The summed E-state index contributed by atoms with van der Waals surface area (Å²) in [4.78, 5) is 2.59. The second-order valence-corrected chi connectivity index (χ2v) is 4.73. The Bertz CT molecular complexity index is 170. The highest BCUT2D eigenvalue weighted by Gasteiger charge is 2.28. The van der Waals surface area contributed by atoms with E-state index in [9.17, 15) is 0 Å². The van der Waals surface area contributed by atoms with E-state index in [4.69, 9.17) is 4.74 Å². The first kappa shape index (κ1) is 10.4. The van der Waals surface area contributed by atoms with Gasteiger partial charge in [-0.1, -0.05) is 0 Å². The molecule has 0 aromatic heterocycles. The van der Waals surface area contributed by atoms with Gasteiger partial charge in [0.05, 0.1) is 13.2 Å². The Morgan fingerprint density at radius 2 is 2.00 bits per heavy atom. The molecule has 0 saturated carbocycles. The van der Waals surface area contributed by atoms with Gasteiger partial charge in [0.15, 0.2) is 0 Å². The van der Waals surface area contributed by atoms with Gasteiger partial charge in [0.1, 0.15) is 0 Å². The Labute approximate surface area is 86.8 Å². The highest BCUT2D eigenvalue weighted by molar-refractivity contribution is 4.84. The largest absolute Gasteiger partial charge is 0.378 e. The van der Waals surface area contributed by atoms with Crippen molar-refractivity contribution in [3.05, 3.63) is 0 Å². The maximum Gasteiger partial charge on any atom is 0.0620 e. The molecule has 1 N–H and O–H groups in total. The van der Waals surface area contributed by atoms with Crippen LogP contribution in [0.5, 0.6) is 0 Å². The molecule has 0 aromatic rings. The smallest absolute Gasteiger partial charge is 0.0620 e. The summed E-state index contributed by atoms with van der Waals surface area (Å²) in [7, 11) is 0. The van der Waals surface area contributed by atoms with E-state index in [-0.39, 0.29) is 0 Å². The third-order valence-corrected chi connectivity index (χ3v) is 3.44. The molecule has 2 fully saturated rings. The number of nitrogens with zero attached hydrogens (tertiary/aromatic N) is 1. The molecule has 2 heterocycles. The third-order valence-electron chi connectivity index (χ3n) is 3.44. The number of hydrogen-bond acceptors (Lipinski definition) is 3. The van der Waals surface area contributed by atoms with E-state index < -0.39 is 0 Å². The molecule has 2 saturated heterocycles. The summed E-state index contributed by atoms with van der Waals surface area (Å²) in [5.41, 5.74) is 0. The quantitative estimate of drug-likeness (QED) is 0.712. The summed E-state index contributed by atoms with van der Waals surface area (Å²) < 4.78 is 5.53. The van der Waals surface area contributed by atoms with Crippen LogP contribution in [0.3, 0.4) is 0 Å². The van der Waals surface area contributed by atoms with Gasteiger partial charge in [0.25, 0.3) is 0 Å². The summed E-state index contributed by atoms with van der Waals surface area (Å²) in [5.74, 6) is 0. The molecular formula is C11H22N2O. The zero-order valence-corrected chi connectivity index (χ0v) is 9.33. The number of ether oxygens (including phenoxy) is 1. The zero-order valence-electron chi connectivity index (χ0n) is 9.33. The van der Waals surface area contributed by atoms with E-state index in [1.54, 1.807) is 0 Å². The molecule has 2 unspecified atom stereocenters. The average Bonchev–Trinajstić information content (AvgIpc) is 2.64. The molecule has 0 spiro atoms. The summed E-state index contributed by atoms with van der Waals surface area (Å²) in [5, 5.41) is 3.56. The molecular weight excluding hydrogens is 176 g/mol. The van der Waals surface area contributed by atoms with Crippen LogP contribution < -0.4 is 5.32 Å². The van der Waals surface area contributed by atoms with Crippen LogP contribution in [0.4, 0.5) is 0 Å². The lowest BCUT2D eigenvalue weighted by Crippen LogP contribution is -2.53. The van der Waals surface area contributed by atoms with Gasteiger partial charge in [-0.3, -0.25) is 4.90 Å². The van der Waals surface area contributed by atoms with Gasteiger partial charge in [-0.25, -0.2) is 0 Å². The molecule has 2 rings (SSSR count). The molecule has 3 nitrogen and oxygen atoms in total. The second kappa shape index (κ2) is 4.60. The van der Waals surface area contributed by atoms with E-state index in [2.05, 4.69) is 24.1 Å². The van der Waals surface area contributed by atoms with Crippen LogP contribution in [0.15, 0.2) is 0 Å². The molecule has 0 radical (unpaired) electrons. The fourth-order valence-corrected chi connectivity index (χ4v) is 2.56. The van der Waals surface area contributed by atoms with Crippen molar-refractivity contribution >= 4 is 0 Å². The first-order valence-electron chi connectivity index (χ1n) is 5.84. The van der Waals surface area contributed by atoms with Crippen LogP contribution in [0.25, 0.3) is 0 Å². The highest BCUT2D eigenvalue weighted by atomic mass is 16.5. The van der Waals surface area contributed by atoms with Crippen LogP contribution in [0.2, 0.25) is 0 Å². The van der Waals surface area contributed by atoms with Crippen molar-refractivity contribution in [2.45, 2.75) is 44.8 Å². The topological polar surface area (TPSA) is 24.5 Å². The van der Waals surface area contributed by atoms with Crippen LogP contribution in [0, 0.1) is 0 Å². The molecule has 2 aliphatic heterocycles. The molecule has 14 heavy (non-hydrogen) atoms. The van der Waals surface area contributed by atoms with Crippen LogP contribution in [0.1, 0.15) is 26.7 Å². The van der Waals surface area contributed by atoms with E-state index in [0.717, 1.165) is 19.3 Å². The van der Waals surface area contributed by atoms with Gasteiger partial charge in [-0.15, -0.1) is 0 Å². The van der Waals surface area contributed by atoms with Crippen molar-refractivity contribution in [1.82, 2.24) is 10.2 Å². The molecule has 0 aromatic carbocycles. The Morgan fingerprint density at radius 3 is 2.57 bits per heavy atom. The molecule has 0 amide bonds. The van der Waals surface area contributed by atoms with Crippen molar-refractivity contribution in [2.75, 3.05) is 26.3 Å². The minimum absolute atomic E-state index is 0.584. The maximum atomic E-state index is 5.53. The lowest BCUT2D eigenvalue weighted by Gasteiger charge is -2.40. The van der Waals surface area contributed by atoms with E-state index in [1.165, 1.54) is 25.9 Å². The second-order valence-electron chi connectivity index (χ2n) is 4.73. The maximum absolute atomic E-state index is 5.53. The summed E-state index contributed by atoms with van der Waals surface area (Å²) >= 11 is 0. The molecule has 0 aliphatic carbocycles. The van der Waals surface area contributed by atoms with Crippen molar-refractivity contribution in [2.24, 2.45) is 0 Å². The van der Waals surface area contributed by atoms with E-state index >= 15 is 0 Å². The standard InChI is InChI=1S/C11H22N2O/c1-9-7-14-8-10(2)13(9)6-11-4-3-5-12-11/h9-12H,3-8H2,1-2H3/t9?,10?,11-/m0/s1. The Hall–Kier alpha value is -0.120. The van der Waals surface area contributed by atoms with Crippen LogP contribution in [-0.2, 0) is 4.74 Å². The first-order chi connectivity index (χ1) is 6.77. The van der Waals surface area contributed by atoms with Gasteiger partial charge < -0.3 is 10.1 Å². The fraction of sp³-hybridized carbons (Fsp3) is 1.00. The number of nitrogens with one attached hydrogen (secondary N) is 1. The molecule has 3 atom stereocenters. The van der Waals surface area contributed by atoms with Gasteiger partial charge >= 0.3 is 0 Å². The predicted octanol–water partition coefficient (Wildman–Crippen LogP) is 0.848. The minimum Gasteiger partial charge on any atom is -0.378 e. The monoisotopic (exact) mass is 198 g/mol. The average molecular weight is 198 g/mol. The molecule has 2 aliphatic rings. The van der Waals surface area contributed by atoms with Gasteiger partial charge in [0, 0.05) is 24.7 Å². The normalized spacial score (nSPS) is 40.3. The Morgan fingerprint density at radius 1 is 1.29 bits per heavy atom. The van der Waals surface area contributed by atoms with Crippen molar-refractivity contribution in [3.63, 3.8) is 0 Å². The van der Waals surface area contributed by atoms with E-state index in [1.807, 2.05) is 0 Å². The van der Waals surface area contributed by atoms with E-state index in [0.29, 0.717) is 12.1 Å². The lowest BCUT2D eigenvalue weighted by atomic mass is 10.1. The molecule has 0 bridgehead atoms. The molecule has 82 valence electrons. The van der Waals surface area contributed by atoms with Crippen LogP contribution in [-0.4, -0.2) is 49.3 Å². The summed E-state index contributed by atoms with van der Waals surface area (Å²) in [6.45, 7) is 8.74. The van der Waals surface area contributed by atoms with Crippen molar-refractivity contribution < 1.29 is 4.74 Å². The Kier molecular flexibility index (Phi) is 3.42. The number of rotatable bonds is 2. The third kappa shape index (κ3) is 2.27. The summed E-state index contributed by atoms with van der Waals surface area (Å²) in [6.07, 6.45) is 2.69. The van der Waals surface area contributed by atoms with Crippen molar-refractivity contribution in [1.29, 1.82) is 0 Å². The van der Waals surface area contributed by atoms with Gasteiger partial charge in [0.2, 0.25) is 0 Å². The number of hydrogen-bond donors (Lipinski definition) is 1. The van der Waals surface area contributed by atoms with Gasteiger partial charge in [-0.2, -0.15) is 0 Å².